The normalized spacial score (nSPS) is 14.2. The van der Waals surface area contributed by atoms with Gasteiger partial charge in [-0.1, -0.05) is 45.7 Å². The SMILES string of the molecule is CC(C)(C)c1ccc(C(=O)NC(=S)Nc2ccc(NC(CCC=O)CCCCCC(N)(O)CCCC(O)C=O)cc2)cc1. The van der Waals surface area contributed by atoms with Gasteiger partial charge in [-0.05, 0) is 105 Å². The van der Waals surface area contributed by atoms with Crippen LogP contribution in [0.1, 0.15) is 101 Å². The summed E-state index contributed by atoms with van der Waals surface area (Å²) in [7, 11) is 0. The Kier molecular flexibility index (Phi) is 14.9. The summed E-state index contributed by atoms with van der Waals surface area (Å²) in [5, 5.41) is 29.1. The number of hydrogen-bond donors (Lipinski definition) is 6. The number of thiocarbonyl (C=S) groups is 1. The first-order valence-corrected chi connectivity index (χ1v) is 15.4. The van der Waals surface area contributed by atoms with E-state index >= 15 is 0 Å². The molecule has 3 atom stereocenters. The summed E-state index contributed by atoms with van der Waals surface area (Å²) in [5.74, 6) is -0.278. The second-order valence-electron chi connectivity index (χ2n) is 12.2. The number of rotatable bonds is 18. The standard InChI is InChI=1S/C33H48N4O5S/c1-32(2,3)25-14-12-24(13-15-25)30(41)37-31(43)36-28-18-16-27(17-19-28)35-26(10-8-22-38)9-5-4-6-20-33(34,42)21-7-11-29(40)23-39/h12-19,22-23,26,29,35,40,42H,4-11,20-21,34H2,1-3H3,(H2,36,37,41,43). The van der Waals surface area contributed by atoms with E-state index in [1.165, 1.54) is 0 Å². The van der Waals surface area contributed by atoms with Gasteiger partial charge in [0.15, 0.2) is 5.11 Å². The van der Waals surface area contributed by atoms with Gasteiger partial charge in [0.1, 0.15) is 24.4 Å². The van der Waals surface area contributed by atoms with Gasteiger partial charge in [-0.3, -0.25) is 10.1 Å². The minimum Gasteiger partial charge on any atom is -0.386 e. The van der Waals surface area contributed by atoms with Crippen molar-refractivity contribution in [3.05, 3.63) is 59.7 Å². The fourth-order valence-corrected chi connectivity index (χ4v) is 4.92. The number of anilines is 2. The molecular formula is C33H48N4O5S. The number of nitrogens with one attached hydrogen (secondary N) is 3. The van der Waals surface area contributed by atoms with Crippen molar-refractivity contribution in [3.63, 3.8) is 0 Å². The van der Waals surface area contributed by atoms with Crippen LogP contribution in [0.15, 0.2) is 48.5 Å². The molecule has 0 aliphatic carbocycles. The van der Waals surface area contributed by atoms with Crippen LogP contribution in [-0.2, 0) is 15.0 Å². The summed E-state index contributed by atoms with van der Waals surface area (Å²) in [6.45, 7) is 6.37. The highest BCUT2D eigenvalue weighted by molar-refractivity contribution is 7.80. The molecule has 2 aromatic rings. The van der Waals surface area contributed by atoms with Crippen molar-refractivity contribution in [2.24, 2.45) is 5.73 Å². The molecule has 0 heterocycles. The fraction of sp³-hybridized carbons (Fsp3) is 0.515. The molecule has 1 amide bonds. The number of amides is 1. The van der Waals surface area contributed by atoms with Crippen LogP contribution in [0.25, 0.3) is 0 Å². The molecule has 0 fully saturated rings. The molecule has 0 radical (unpaired) electrons. The first-order chi connectivity index (χ1) is 20.3. The number of unbranched alkanes of at least 4 members (excludes halogenated alkanes) is 2. The number of aldehydes is 2. The van der Waals surface area contributed by atoms with Gasteiger partial charge in [-0.2, -0.15) is 0 Å². The molecule has 0 saturated heterocycles. The van der Waals surface area contributed by atoms with Crippen LogP contribution in [0.2, 0.25) is 0 Å². The lowest BCUT2D eigenvalue weighted by Gasteiger charge is -2.24. The molecule has 7 N–H and O–H groups in total. The number of nitrogens with two attached hydrogens (primary N) is 1. The van der Waals surface area contributed by atoms with Crippen molar-refractivity contribution in [1.82, 2.24) is 5.32 Å². The van der Waals surface area contributed by atoms with Gasteiger partial charge in [0.25, 0.3) is 5.91 Å². The van der Waals surface area contributed by atoms with Gasteiger partial charge in [-0.25, -0.2) is 0 Å². The highest BCUT2D eigenvalue weighted by Crippen LogP contribution is 2.23. The van der Waals surface area contributed by atoms with Crippen molar-refractivity contribution in [2.75, 3.05) is 10.6 Å². The van der Waals surface area contributed by atoms with Gasteiger partial charge in [0.05, 0.1) is 0 Å². The number of aliphatic hydroxyl groups is 2. The molecule has 0 aliphatic heterocycles. The quantitative estimate of drug-likeness (QED) is 0.0577. The molecule has 2 rings (SSSR count). The molecule has 3 unspecified atom stereocenters. The Morgan fingerprint density at radius 1 is 0.907 bits per heavy atom. The summed E-state index contributed by atoms with van der Waals surface area (Å²) in [6.07, 6.45) is 6.50. The first-order valence-electron chi connectivity index (χ1n) is 15.0. The Morgan fingerprint density at radius 2 is 1.53 bits per heavy atom. The maximum Gasteiger partial charge on any atom is 0.257 e. The van der Waals surface area contributed by atoms with Gasteiger partial charge in [0.2, 0.25) is 0 Å². The second kappa shape index (κ2) is 17.8. The maximum atomic E-state index is 12.6. The van der Waals surface area contributed by atoms with E-state index in [4.69, 9.17) is 18.0 Å². The van der Waals surface area contributed by atoms with E-state index in [1.807, 2.05) is 36.4 Å². The van der Waals surface area contributed by atoms with E-state index in [0.717, 1.165) is 48.9 Å². The molecule has 0 saturated carbocycles. The number of aliphatic hydroxyl groups excluding tert-OH is 1. The van der Waals surface area contributed by atoms with Crippen molar-refractivity contribution in [2.45, 2.75) is 108 Å². The molecule has 2 aromatic carbocycles. The van der Waals surface area contributed by atoms with E-state index in [2.05, 4.69) is 36.7 Å². The Bertz CT molecular complexity index is 1160. The monoisotopic (exact) mass is 612 g/mol. The number of carbonyl (C=O) groups is 3. The molecule has 236 valence electrons. The summed E-state index contributed by atoms with van der Waals surface area (Å²) in [5.41, 5.74) is 7.98. The van der Waals surface area contributed by atoms with E-state index in [-0.39, 0.29) is 22.5 Å². The lowest BCUT2D eigenvalue weighted by Crippen LogP contribution is -2.39. The number of carbonyl (C=O) groups excluding carboxylic acids is 3. The van der Waals surface area contributed by atoms with Crippen molar-refractivity contribution >= 4 is 47.2 Å². The zero-order valence-electron chi connectivity index (χ0n) is 25.6. The van der Waals surface area contributed by atoms with Crippen LogP contribution in [0.3, 0.4) is 0 Å². The highest BCUT2D eigenvalue weighted by Gasteiger charge is 2.21. The van der Waals surface area contributed by atoms with Crippen LogP contribution >= 0.6 is 12.2 Å². The smallest absolute Gasteiger partial charge is 0.257 e. The van der Waals surface area contributed by atoms with Crippen LogP contribution in [-0.4, -0.2) is 51.7 Å². The third-order valence-corrected chi connectivity index (χ3v) is 7.52. The van der Waals surface area contributed by atoms with Crippen LogP contribution < -0.4 is 21.7 Å². The molecule has 0 bridgehead atoms. The lowest BCUT2D eigenvalue weighted by molar-refractivity contribution is -0.115. The zero-order chi connectivity index (χ0) is 31.9. The van der Waals surface area contributed by atoms with Crippen molar-refractivity contribution in [3.8, 4) is 0 Å². The topological polar surface area (TPSA) is 154 Å². The third-order valence-electron chi connectivity index (χ3n) is 7.32. The van der Waals surface area contributed by atoms with Crippen LogP contribution in [0, 0.1) is 0 Å². The first kappa shape index (κ1) is 36.0. The van der Waals surface area contributed by atoms with E-state index in [1.54, 1.807) is 12.1 Å². The highest BCUT2D eigenvalue weighted by atomic mass is 32.1. The summed E-state index contributed by atoms with van der Waals surface area (Å²) in [6, 6.07) is 15.2. The summed E-state index contributed by atoms with van der Waals surface area (Å²) in [4.78, 5) is 34.1. The zero-order valence-corrected chi connectivity index (χ0v) is 26.4. The van der Waals surface area contributed by atoms with Crippen LogP contribution in [0.4, 0.5) is 11.4 Å². The van der Waals surface area contributed by atoms with Gasteiger partial charge in [0, 0.05) is 29.4 Å². The minimum absolute atomic E-state index is 0.00676. The van der Waals surface area contributed by atoms with Crippen LogP contribution in [0.5, 0.6) is 0 Å². The van der Waals surface area contributed by atoms with Crippen molar-refractivity contribution in [1.29, 1.82) is 0 Å². The summed E-state index contributed by atoms with van der Waals surface area (Å²) >= 11 is 5.34. The predicted molar refractivity (Wildman–Crippen MR) is 176 cm³/mol. The number of hydrogen-bond acceptors (Lipinski definition) is 8. The Labute approximate surface area is 261 Å². The molecule has 0 aromatic heterocycles. The van der Waals surface area contributed by atoms with E-state index in [9.17, 15) is 24.6 Å². The predicted octanol–water partition coefficient (Wildman–Crippen LogP) is 5.20. The second-order valence-corrected chi connectivity index (χ2v) is 12.6. The molecule has 0 spiro atoms. The molecular weight excluding hydrogens is 564 g/mol. The lowest BCUT2D eigenvalue weighted by atomic mass is 9.87. The average Bonchev–Trinajstić information content (AvgIpc) is 2.95. The van der Waals surface area contributed by atoms with E-state index < -0.39 is 11.8 Å². The third kappa shape index (κ3) is 14.2. The fourth-order valence-electron chi connectivity index (χ4n) is 4.71. The minimum atomic E-state index is -1.31. The average molecular weight is 613 g/mol. The van der Waals surface area contributed by atoms with Crippen molar-refractivity contribution < 1.29 is 24.6 Å². The van der Waals surface area contributed by atoms with Gasteiger partial charge in [-0.15, -0.1) is 0 Å². The van der Waals surface area contributed by atoms with Gasteiger partial charge >= 0.3 is 0 Å². The molecule has 10 heteroatoms. The maximum absolute atomic E-state index is 12.6. The molecule has 9 nitrogen and oxygen atoms in total. The molecule has 43 heavy (non-hydrogen) atoms. The largest absolute Gasteiger partial charge is 0.386 e. The number of benzene rings is 2. The van der Waals surface area contributed by atoms with Gasteiger partial charge < -0.3 is 36.2 Å². The Balaban J connectivity index is 1.79. The Hall–Kier alpha value is -3.18. The Morgan fingerprint density at radius 3 is 2.14 bits per heavy atom. The summed E-state index contributed by atoms with van der Waals surface area (Å²) < 4.78 is 0. The molecule has 0 aliphatic rings. The van der Waals surface area contributed by atoms with E-state index in [0.29, 0.717) is 50.4 Å².